The number of amides is 1. The van der Waals surface area contributed by atoms with Crippen LogP contribution in [0.15, 0.2) is 12.1 Å². The number of nitrogens with zero attached hydrogens (tertiary/aromatic N) is 1. The lowest BCUT2D eigenvalue weighted by molar-refractivity contribution is -0.122. The van der Waals surface area contributed by atoms with E-state index < -0.39 is 18.7 Å². The molecule has 28 heavy (non-hydrogen) atoms. The van der Waals surface area contributed by atoms with E-state index in [4.69, 9.17) is 4.74 Å². The largest absolute Gasteiger partial charge is 0.507 e. The van der Waals surface area contributed by atoms with Crippen molar-refractivity contribution in [1.82, 2.24) is 10.2 Å². The normalized spacial score (nSPS) is 17.1. The molecule has 1 heterocycles. The second-order valence-corrected chi connectivity index (χ2v) is 7.73. The Kier molecular flexibility index (Phi) is 6.44. The van der Waals surface area contributed by atoms with Crippen LogP contribution in [0.4, 0.5) is 4.32 Å². The summed E-state index contributed by atoms with van der Waals surface area (Å²) in [7, 11) is 0. The molecule has 1 aromatic rings. The minimum absolute atomic E-state index is 0.0482. The number of carboxylic acids is 1. The van der Waals surface area contributed by atoms with Gasteiger partial charge in [-0.15, -0.1) is 0 Å². The number of rotatable bonds is 10. The summed E-state index contributed by atoms with van der Waals surface area (Å²) in [5.74, 6) is -0.980. The van der Waals surface area contributed by atoms with Crippen molar-refractivity contribution in [2.24, 2.45) is 5.92 Å². The zero-order chi connectivity index (χ0) is 20.3. The van der Waals surface area contributed by atoms with E-state index in [1.54, 1.807) is 0 Å². The fourth-order valence-corrected chi connectivity index (χ4v) is 3.28. The molecule has 2 fully saturated rings. The third-order valence-corrected chi connectivity index (χ3v) is 5.10. The van der Waals surface area contributed by atoms with E-state index >= 15 is 0 Å². The van der Waals surface area contributed by atoms with Crippen LogP contribution < -0.4 is 10.1 Å². The second kappa shape index (κ2) is 8.81. The number of phenols is 1. The van der Waals surface area contributed by atoms with Crippen molar-refractivity contribution >= 4 is 18.9 Å². The summed E-state index contributed by atoms with van der Waals surface area (Å²) in [5, 5.41) is 22.5. The van der Waals surface area contributed by atoms with Gasteiger partial charge in [-0.1, -0.05) is 12.9 Å². The quantitative estimate of drug-likeness (QED) is 0.525. The molecule has 1 aliphatic carbocycles. The maximum atomic E-state index is 13.2. The van der Waals surface area contributed by atoms with Gasteiger partial charge in [0.05, 0.1) is 0 Å². The van der Waals surface area contributed by atoms with Gasteiger partial charge in [0.2, 0.25) is 5.91 Å². The van der Waals surface area contributed by atoms with E-state index in [0.29, 0.717) is 32.0 Å². The summed E-state index contributed by atoms with van der Waals surface area (Å²) in [4.78, 5) is 25.4. The molecule has 152 valence electrons. The highest BCUT2D eigenvalue weighted by Gasteiger charge is 2.31. The van der Waals surface area contributed by atoms with Gasteiger partial charge in [0.1, 0.15) is 23.2 Å². The number of aromatic hydroxyl groups is 1. The van der Waals surface area contributed by atoms with Crippen molar-refractivity contribution in [3.05, 3.63) is 23.3 Å². The number of likely N-dealkylation sites (tertiary alicyclic amines) is 1. The van der Waals surface area contributed by atoms with E-state index in [9.17, 15) is 24.1 Å². The van der Waals surface area contributed by atoms with Gasteiger partial charge in [-0.25, -0.2) is 4.79 Å². The minimum atomic E-state index is -1.32. The van der Waals surface area contributed by atoms with Gasteiger partial charge in [0.25, 0.3) is 0 Å². The number of nitrogens with one attached hydrogen (secondary N) is 1. The molecule has 3 rings (SSSR count). The molecular weight excluding hydrogens is 366 g/mol. The lowest BCUT2D eigenvalue weighted by Crippen LogP contribution is -2.54. The summed E-state index contributed by atoms with van der Waals surface area (Å²) in [6.45, 7) is 2.71. The van der Waals surface area contributed by atoms with Crippen LogP contribution in [-0.4, -0.2) is 66.3 Å². The monoisotopic (exact) mass is 392 g/mol. The molecule has 0 aromatic heterocycles. The molecule has 0 unspecified atom stereocenters. The minimum Gasteiger partial charge on any atom is -0.507 e. The molecule has 1 saturated heterocycles. The molecule has 1 saturated carbocycles. The first-order valence-corrected chi connectivity index (χ1v) is 9.71. The van der Waals surface area contributed by atoms with Crippen molar-refractivity contribution < 1.29 is 28.9 Å². The smallest absolute Gasteiger partial charge is 0.349 e. The molecule has 2 aliphatic rings. The Morgan fingerprint density at radius 2 is 2.07 bits per heavy atom. The molecule has 7 nitrogen and oxygen atoms in total. The van der Waals surface area contributed by atoms with Crippen LogP contribution in [-0.2, 0) is 11.1 Å². The van der Waals surface area contributed by atoms with Gasteiger partial charge >= 0.3 is 13.0 Å². The van der Waals surface area contributed by atoms with Gasteiger partial charge in [0.15, 0.2) is 0 Å². The van der Waals surface area contributed by atoms with Crippen LogP contribution in [0, 0.1) is 5.92 Å². The maximum Gasteiger partial charge on any atom is 0.349 e. The van der Waals surface area contributed by atoms with E-state index in [2.05, 4.69) is 10.2 Å². The Balaban J connectivity index is 1.48. The van der Waals surface area contributed by atoms with E-state index in [-0.39, 0.29) is 35.2 Å². The van der Waals surface area contributed by atoms with Crippen LogP contribution >= 0.6 is 0 Å². The van der Waals surface area contributed by atoms with Crippen LogP contribution in [0.3, 0.4) is 0 Å². The molecule has 9 heteroatoms. The number of carbonyl (C=O) groups is 2. The molecule has 0 spiro atoms. The molecule has 0 radical (unpaired) electrons. The summed E-state index contributed by atoms with van der Waals surface area (Å²) in [6, 6.07) is 2.96. The van der Waals surface area contributed by atoms with Crippen LogP contribution in [0.5, 0.6) is 11.5 Å². The van der Waals surface area contributed by atoms with E-state index in [0.717, 1.165) is 6.54 Å². The summed E-state index contributed by atoms with van der Waals surface area (Å²) in [6.07, 6.45) is 2.56. The standard InChI is InChI=1S/C19H26BFN2O5/c1-20(21)8-13-4-5-15(17(18(13)25)19(26)27)28-14-10-23(11-14)7-6-16(24)22-9-12-2-3-12/h4-5,12,14,25H,2-3,6-11H2,1H3,(H,22,24)(H,26,27). The molecule has 1 amide bonds. The summed E-state index contributed by atoms with van der Waals surface area (Å²) >= 11 is 0. The number of ether oxygens (including phenoxy) is 1. The van der Waals surface area contributed by atoms with Gasteiger partial charge in [-0.3, -0.25) is 9.69 Å². The van der Waals surface area contributed by atoms with Crippen molar-refractivity contribution in [1.29, 1.82) is 0 Å². The Labute approximate surface area is 164 Å². The molecule has 0 atom stereocenters. The second-order valence-electron chi connectivity index (χ2n) is 7.73. The Morgan fingerprint density at radius 1 is 1.36 bits per heavy atom. The van der Waals surface area contributed by atoms with Crippen LogP contribution in [0.2, 0.25) is 6.82 Å². The number of hydrogen-bond acceptors (Lipinski definition) is 5. The average molecular weight is 392 g/mol. The predicted molar refractivity (Wildman–Crippen MR) is 103 cm³/mol. The molecular formula is C19H26BFN2O5. The molecule has 1 aromatic carbocycles. The van der Waals surface area contributed by atoms with Gasteiger partial charge in [-0.05, 0) is 36.7 Å². The number of aromatic carboxylic acids is 1. The number of halogens is 1. The molecule has 0 bridgehead atoms. The van der Waals surface area contributed by atoms with Gasteiger partial charge < -0.3 is 24.6 Å². The highest BCUT2D eigenvalue weighted by molar-refractivity contribution is 6.48. The number of carbonyl (C=O) groups excluding carboxylic acids is 1. The fraction of sp³-hybridized carbons (Fsp3) is 0.579. The fourth-order valence-electron chi connectivity index (χ4n) is 3.28. The Bertz CT molecular complexity index is 735. The molecule has 1 aliphatic heterocycles. The number of benzene rings is 1. The van der Waals surface area contributed by atoms with Crippen molar-refractivity contribution in [3.63, 3.8) is 0 Å². The molecule has 3 N–H and O–H groups in total. The van der Waals surface area contributed by atoms with Crippen LogP contribution in [0.1, 0.15) is 35.2 Å². The third-order valence-electron chi connectivity index (χ3n) is 5.10. The topological polar surface area (TPSA) is 99.1 Å². The van der Waals surface area contributed by atoms with E-state index in [1.807, 2.05) is 0 Å². The van der Waals surface area contributed by atoms with Crippen molar-refractivity contribution in [2.75, 3.05) is 26.2 Å². The van der Waals surface area contributed by atoms with Crippen molar-refractivity contribution in [2.45, 2.75) is 38.5 Å². The zero-order valence-corrected chi connectivity index (χ0v) is 16.0. The predicted octanol–water partition coefficient (Wildman–Crippen LogP) is 1.74. The zero-order valence-electron chi connectivity index (χ0n) is 16.0. The third kappa shape index (κ3) is 5.37. The van der Waals surface area contributed by atoms with E-state index in [1.165, 1.54) is 31.8 Å². The van der Waals surface area contributed by atoms with Crippen LogP contribution in [0.25, 0.3) is 0 Å². The van der Waals surface area contributed by atoms with Crippen molar-refractivity contribution in [3.8, 4) is 11.5 Å². The maximum absolute atomic E-state index is 13.2. The lowest BCUT2D eigenvalue weighted by Gasteiger charge is -2.39. The average Bonchev–Trinajstić information content (AvgIpc) is 3.40. The Hall–Kier alpha value is -2.29. The van der Waals surface area contributed by atoms with Gasteiger partial charge in [-0.2, -0.15) is 0 Å². The Morgan fingerprint density at radius 3 is 2.68 bits per heavy atom. The summed E-state index contributed by atoms with van der Waals surface area (Å²) < 4.78 is 18.9. The number of carboxylic acid groups (broad SMARTS) is 1. The first-order chi connectivity index (χ1) is 13.3. The van der Waals surface area contributed by atoms with Gasteiger partial charge in [0, 0.05) is 32.6 Å². The lowest BCUT2D eigenvalue weighted by atomic mass is 9.68. The highest BCUT2D eigenvalue weighted by Crippen LogP contribution is 2.33. The first-order valence-electron chi connectivity index (χ1n) is 9.71. The SMILES string of the molecule is CB(F)Cc1ccc(OC2CN(CCC(=O)NCC3CC3)C2)c(C(=O)O)c1O. The highest BCUT2D eigenvalue weighted by atomic mass is 19.1. The first kappa shape index (κ1) is 20.4. The number of hydrogen-bond donors (Lipinski definition) is 3. The summed E-state index contributed by atoms with van der Waals surface area (Å²) in [5.41, 5.74) is -0.0942.